The molecule has 2 saturated heterocycles. The van der Waals surface area contributed by atoms with Gasteiger partial charge in [0.1, 0.15) is 13.2 Å². The quantitative estimate of drug-likeness (QED) is 0.737. The van der Waals surface area contributed by atoms with Gasteiger partial charge in [-0.1, -0.05) is 17.4 Å². The lowest BCUT2D eigenvalue weighted by Crippen LogP contribution is -2.43. The number of aromatic nitrogens is 2. The summed E-state index contributed by atoms with van der Waals surface area (Å²) in [6.07, 6.45) is 3.18. The second kappa shape index (κ2) is 8.93. The summed E-state index contributed by atoms with van der Waals surface area (Å²) >= 11 is 1.43. The number of anilines is 2. The number of hydrogen-bond acceptors (Lipinski definition) is 8. The van der Waals surface area contributed by atoms with Gasteiger partial charge in [-0.2, -0.15) is 0 Å². The number of amides is 2. The number of fused-ring (bicyclic) bond motifs is 1. The standard InChI is InChI=1S/C22H27N5O4S/c1-14(15-6-7-17-18(12-15)31-11-10-30-17)23-20(29)16-4-2-8-26(13-16)21-24-25-22(32-21)27-9-3-5-19(27)28/h6-7,12,14,16H,2-5,8-11,13H2,1H3,(H,23,29)/t14-,16-/m0/s1. The third kappa shape index (κ3) is 4.23. The lowest BCUT2D eigenvalue weighted by molar-refractivity contribution is -0.126. The summed E-state index contributed by atoms with van der Waals surface area (Å²) < 4.78 is 11.2. The summed E-state index contributed by atoms with van der Waals surface area (Å²) in [5.74, 6) is 1.49. The first-order chi connectivity index (χ1) is 15.6. The first kappa shape index (κ1) is 21.0. The molecule has 2 fully saturated rings. The Kier molecular flexibility index (Phi) is 5.86. The molecule has 3 aliphatic heterocycles. The molecular weight excluding hydrogens is 430 g/mol. The number of benzene rings is 1. The van der Waals surface area contributed by atoms with Crippen LogP contribution in [0.25, 0.3) is 0 Å². The van der Waals surface area contributed by atoms with Crippen LogP contribution in [0.2, 0.25) is 0 Å². The van der Waals surface area contributed by atoms with Crippen LogP contribution < -0.4 is 24.6 Å². The number of carbonyl (C=O) groups excluding carboxylic acids is 2. The highest BCUT2D eigenvalue weighted by Crippen LogP contribution is 2.34. The normalized spacial score (nSPS) is 21.5. The maximum Gasteiger partial charge on any atom is 0.228 e. The molecule has 1 N–H and O–H groups in total. The van der Waals surface area contributed by atoms with Gasteiger partial charge in [-0.3, -0.25) is 14.5 Å². The SMILES string of the molecule is C[C@H](NC(=O)[C@H]1CCCN(c2nnc(N3CCCC3=O)s2)C1)c1ccc2c(c1)OCCO2. The molecule has 170 valence electrons. The smallest absolute Gasteiger partial charge is 0.228 e. The summed E-state index contributed by atoms with van der Waals surface area (Å²) in [6.45, 7) is 5.21. The lowest BCUT2D eigenvalue weighted by atomic mass is 9.96. The summed E-state index contributed by atoms with van der Waals surface area (Å²) in [7, 11) is 0. The van der Waals surface area contributed by atoms with E-state index in [-0.39, 0.29) is 23.8 Å². The van der Waals surface area contributed by atoms with Gasteiger partial charge in [0.25, 0.3) is 0 Å². The van der Waals surface area contributed by atoms with Crippen molar-refractivity contribution >= 4 is 33.4 Å². The number of rotatable bonds is 5. The Balaban J connectivity index is 1.21. The van der Waals surface area contributed by atoms with E-state index in [0.29, 0.717) is 37.9 Å². The monoisotopic (exact) mass is 457 g/mol. The predicted octanol–water partition coefficient (Wildman–Crippen LogP) is 2.53. The molecule has 2 atom stereocenters. The number of nitrogens with zero attached hydrogens (tertiary/aromatic N) is 4. The average molecular weight is 458 g/mol. The Hall–Kier alpha value is -2.88. The highest BCUT2D eigenvalue weighted by molar-refractivity contribution is 7.19. The summed E-state index contributed by atoms with van der Waals surface area (Å²) in [6, 6.07) is 5.67. The Labute approximate surface area is 190 Å². The fourth-order valence-electron chi connectivity index (χ4n) is 4.40. The molecule has 2 amide bonds. The summed E-state index contributed by atoms with van der Waals surface area (Å²) in [5.41, 5.74) is 0.985. The number of piperidine rings is 1. The van der Waals surface area contributed by atoms with E-state index in [1.807, 2.05) is 25.1 Å². The van der Waals surface area contributed by atoms with E-state index < -0.39 is 0 Å². The maximum absolute atomic E-state index is 13.0. The molecule has 2 aromatic rings. The molecule has 1 aromatic carbocycles. The largest absolute Gasteiger partial charge is 0.486 e. The minimum atomic E-state index is -0.136. The van der Waals surface area contributed by atoms with Gasteiger partial charge in [-0.15, -0.1) is 10.2 Å². The molecule has 0 aliphatic carbocycles. The lowest BCUT2D eigenvalue weighted by Gasteiger charge is -2.32. The number of ether oxygens (including phenoxy) is 2. The first-order valence-electron chi connectivity index (χ1n) is 11.2. The fourth-order valence-corrected chi connectivity index (χ4v) is 5.33. The van der Waals surface area contributed by atoms with Crippen LogP contribution in [0, 0.1) is 5.92 Å². The predicted molar refractivity (Wildman–Crippen MR) is 120 cm³/mol. The molecule has 1 aromatic heterocycles. The van der Waals surface area contributed by atoms with E-state index in [4.69, 9.17) is 9.47 Å². The van der Waals surface area contributed by atoms with E-state index in [1.54, 1.807) is 4.90 Å². The van der Waals surface area contributed by atoms with Crippen molar-refractivity contribution < 1.29 is 19.1 Å². The van der Waals surface area contributed by atoms with Gasteiger partial charge >= 0.3 is 0 Å². The highest BCUT2D eigenvalue weighted by atomic mass is 32.1. The maximum atomic E-state index is 13.0. The Morgan fingerprint density at radius 1 is 1.16 bits per heavy atom. The third-order valence-corrected chi connectivity index (χ3v) is 7.20. The number of hydrogen-bond donors (Lipinski definition) is 1. The van der Waals surface area contributed by atoms with Gasteiger partial charge in [-0.05, 0) is 43.9 Å². The molecule has 9 nitrogen and oxygen atoms in total. The summed E-state index contributed by atoms with van der Waals surface area (Å²) in [5, 5.41) is 13.1. The van der Waals surface area contributed by atoms with Crippen LogP contribution in [0.1, 0.15) is 44.2 Å². The molecule has 0 saturated carbocycles. The molecule has 4 heterocycles. The molecule has 0 bridgehead atoms. The van der Waals surface area contributed by atoms with Crippen molar-refractivity contribution in [3.8, 4) is 11.5 Å². The van der Waals surface area contributed by atoms with E-state index in [0.717, 1.165) is 48.0 Å². The van der Waals surface area contributed by atoms with Crippen LogP contribution in [0.4, 0.5) is 10.3 Å². The van der Waals surface area contributed by atoms with Gasteiger partial charge < -0.3 is 19.7 Å². The Morgan fingerprint density at radius 2 is 1.97 bits per heavy atom. The van der Waals surface area contributed by atoms with Crippen molar-refractivity contribution in [2.75, 3.05) is 42.6 Å². The van der Waals surface area contributed by atoms with Crippen molar-refractivity contribution in [2.24, 2.45) is 5.92 Å². The molecule has 3 aliphatic rings. The van der Waals surface area contributed by atoms with Crippen LogP contribution in [-0.4, -0.2) is 54.9 Å². The Bertz CT molecular complexity index is 1010. The second-order valence-electron chi connectivity index (χ2n) is 8.43. The molecule has 0 radical (unpaired) electrons. The topological polar surface area (TPSA) is 96.9 Å². The van der Waals surface area contributed by atoms with Crippen molar-refractivity contribution in [1.82, 2.24) is 15.5 Å². The zero-order valence-corrected chi connectivity index (χ0v) is 18.9. The van der Waals surface area contributed by atoms with Crippen LogP contribution >= 0.6 is 11.3 Å². The van der Waals surface area contributed by atoms with Crippen molar-refractivity contribution in [3.63, 3.8) is 0 Å². The number of nitrogens with one attached hydrogen (secondary N) is 1. The van der Waals surface area contributed by atoms with Crippen molar-refractivity contribution in [2.45, 2.75) is 38.6 Å². The van der Waals surface area contributed by atoms with Crippen LogP contribution in [0.5, 0.6) is 11.5 Å². The molecule has 5 rings (SSSR count). The van der Waals surface area contributed by atoms with Crippen molar-refractivity contribution in [1.29, 1.82) is 0 Å². The van der Waals surface area contributed by atoms with Gasteiger partial charge in [0.2, 0.25) is 22.1 Å². The fraction of sp³-hybridized carbons (Fsp3) is 0.545. The molecule has 0 spiro atoms. The van der Waals surface area contributed by atoms with Gasteiger partial charge in [0.15, 0.2) is 11.5 Å². The van der Waals surface area contributed by atoms with E-state index in [2.05, 4.69) is 20.4 Å². The first-order valence-corrected chi connectivity index (χ1v) is 12.0. The minimum Gasteiger partial charge on any atom is -0.486 e. The van der Waals surface area contributed by atoms with Crippen LogP contribution in [0.15, 0.2) is 18.2 Å². The highest BCUT2D eigenvalue weighted by Gasteiger charge is 2.30. The van der Waals surface area contributed by atoms with Crippen LogP contribution in [0.3, 0.4) is 0 Å². The van der Waals surface area contributed by atoms with Crippen LogP contribution in [-0.2, 0) is 9.59 Å². The minimum absolute atomic E-state index is 0.0385. The molecule has 32 heavy (non-hydrogen) atoms. The van der Waals surface area contributed by atoms with Crippen molar-refractivity contribution in [3.05, 3.63) is 23.8 Å². The van der Waals surface area contributed by atoms with Gasteiger partial charge in [0, 0.05) is 26.1 Å². The van der Waals surface area contributed by atoms with E-state index >= 15 is 0 Å². The van der Waals surface area contributed by atoms with E-state index in [9.17, 15) is 9.59 Å². The zero-order valence-electron chi connectivity index (χ0n) is 18.1. The number of carbonyl (C=O) groups is 2. The van der Waals surface area contributed by atoms with E-state index in [1.165, 1.54) is 11.3 Å². The molecule has 0 unspecified atom stereocenters. The molecule has 10 heteroatoms. The zero-order chi connectivity index (χ0) is 22.1. The molecular formula is C22H27N5O4S. The Morgan fingerprint density at radius 3 is 2.78 bits per heavy atom. The van der Waals surface area contributed by atoms with Gasteiger partial charge in [-0.25, -0.2) is 0 Å². The average Bonchev–Trinajstić information content (AvgIpc) is 3.47. The third-order valence-electron chi connectivity index (χ3n) is 6.20. The summed E-state index contributed by atoms with van der Waals surface area (Å²) in [4.78, 5) is 28.8. The second-order valence-corrected chi connectivity index (χ2v) is 9.37. The van der Waals surface area contributed by atoms with Gasteiger partial charge in [0.05, 0.1) is 12.0 Å².